The first-order chi connectivity index (χ1) is 9.81. The smallest absolute Gasteiger partial charge is 0.191 e. The zero-order chi connectivity index (χ0) is 14.2. The van der Waals surface area contributed by atoms with Crippen LogP contribution in [-0.2, 0) is 6.54 Å². The summed E-state index contributed by atoms with van der Waals surface area (Å²) in [5.41, 5.74) is 0. The summed E-state index contributed by atoms with van der Waals surface area (Å²) in [4.78, 5) is 6.79. The van der Waals surface area contributed by atoms with Gasteiger partial charge in [0.05, 0.1) is 12.8 Å². The van der Waals surface area contributed by atoms with E-state index < -0.39 is 0 Å². The van der Waals surface area contributed by atoms with Crippen LogP contribution in [0.2, 0.25) is 0 Å². The minimum atomic E-state index is 0.666. The lowest BCUT2D eigenvalue weighted by atomic mass is 10.1. The summed E-state index contributed by atoms with van der Waals surface area (Å²) < 4.78 is 5.30. The van der Waals surface area contributed by atoms with Gasteiger partial charge in [0.15, 0.2) is 5.96 Å². The number of guanidine groups is 1. The highest BCUT2D eigenvalue weighted by Crippen LogP contribution is 2.15. The largest absolute Gasteiger partial charge is 0.467 e. The summed E-state index contributed by atoms with van der Waals surface area (Å²) in [6, 6.07) is 3.86. The molecule has 0 saturated carbocycles. The average molecular weight is 278 g/mol. The number of hydrogen-bond donors (Lipinski definition) is 2. The van der Waals surface area contributed by atoms with Gasteiger partial charge in [-0.1, -0.05) is 6.92 Å². The third kappa shape index (κ3) is 4.56. The first-order valence-corrected chi connectivity index (χ1v) is 7.51. The van der Waals surface area contributed by atoms with Gasteiger partial charge in [0.2, 0.25) is 0 Å². The molecule has 1 saturated heterocycles. The van der Waals surface area contributed by atoms with E-state index >= 15 is 0 Å². The maximum atomic E-state index is 5.30. The molecule has 0 radical (unpaired) electrons. The van der Waals surface area contributed by atoms with Crippen LogP contribution in [0.5, 0.6) is 0 Å². The fourth-order valence-electron chi connectivity index (χ4n) is 2.64. The molecule has 5 heteroatoms. The Morgan fingerprint density at radius 2 is 2.40 bits per heavy atom. The number of rotatable bonds is 6. The molecule has 112 valence electrons. The third-order valence-corrected chi connectivity index (χ3v) is 3.70. The summed E-state index contributed by atoms with van der Waals surface area (Å²) >= 11 is 0. The number of furan rings is 1. The van der Waals surface area contributed by atoms with Gasteiger partial charge in [0, 0.05) is 20.1 Å². The molecule has 1 atom stereocenters. The molecule has 1 aromatic rings. The predicted molar refractivity (Wildman–Crippen MR) is 81.7 cm³/mol. The molecule has 0 amide bonds. The first kappa shape index (κ1) is 14.9. The zero-order valence-electron chi connectivity index (χ0n) is 12.6. The quantitative estimate of drug-likeness (QED) is 0.614. The Bertz CT molecular complexity index is 402. The van der Waals surface area contributed by atoms with Crippen LogP contribution < -0.4 is 10.6 Å². The Morgan fingerprint density at radius 1 is 1.50 bits per heavy atom. The van der Waals surface area contributed by atoms with Crippen molar-refractivity contribution in [3.63, 3.8) is 0 Å². The van der Waals surface area contributed by atoms with Crippen molar-refractivity contribution in [3.8, 4) is 0 Å². The molecule has 1 unspecified atom stereocenters. The van der Waals surface area contributed by atoms with Gasteiger partial charge in [0.25, 0.3) is 0 Å². The van der Waals surface area contributed by atoms with Gasteiger partial charge in [-0.05, 0) is 44.0 Å². The van der Waals surface area contributed by atoms with Crippen molar-refractivity contribution < 1.29 is 4.42 Å². The maximum absolute atomic E-state index is 5.30. The van der Waals surface area contributed by atoms with E-state index in [0.717, 1.165) is 24.2 Å². The molecule has 2 N–H and O–H groups in total. The fourth-order valence-corrected chi connectivity index (χ4v) is 2.64. The van der Waals surface area contributed by atoms with Crippen LogP contribution >= 0.6 is 0 Å². The molecule has 2 heterocycles. The Morgan fingerprint density at radius 3 is 3.10 bits per heavy atom. The minimum Gasteiger partial charge on any atom is -0.467 e. The average Bonchev–Trinajstić information content (AvgIpc) is 3.11. The van der Waals surface area contributed by atoms with E-state index in [1.54, 1.807) is 13.3 Å². The minimum absolute atomic E-state index is 0.666. The van der Waals surface area contributed by atoms with Gasteiger partial charge < -0.3 is 20.0 Å². The fraction of sp³-hybridized carbons (Fsp3) is 0.667. The number of nitrogens with one attached hydrogen (secondary N) is 2. The highest BCUT2D eigenvalue weighted by atomic mass is 16.3. The van der Waals surface area contributed by atoms with Crippen LogP contribution in [-0.4, -0.2) is 44.1 Å². The highest BCUT2D eigenvalue weighted by Gasteiger charge is 2.21. The Balaban J connectivity index is 1.66. The summed E-state index contributed by atoms with van der Waals surface area (Å²) in [6.45, 7) is 7.56. The van der Waals surface area contributed by atoms with Crippen LogP contribution in [0.15, 0.2) is 27.8 Å². The SMILES string of the molecule is CCCN1CCC(CNC(=NC)NCc2ccco2)C1. The van der Waals surface area contributed by atoms with Crippen molar-refractivity contribution in [2.75, 3.05) is 33.2 Å². The van der Waals surface area contributed by atoms with Crippen LogP contribution in [0.4, 0.5) is 0 Å². The molecule has 20 heavy (non-hydrogen) atoms. The van der Waals surface area contributed by atoms with Gasteiger partial charge in [-0.3, -0.25) is 4.99 Å². The normalized spacial score (nSPS) is 20.3. The van der Waals surface area contributed by atoms with Gasteiger partial charge >= 0.3 is 0 Å². The molecule has 5 nitrogen and oxygen atoms in total. The van der Waals surface area contributed by atoms with Crippen molar-refractivity contribution in [3.05, 3.63) is 24.2 Å². The van der Waals surface area contributed by atoms with Crippen LogP contribution in [0, 0.1) is 5.92 Å². The summed E-state index contributed by atoms with van der Waals surface area (Å²) in [5, 5.41) is 6.67. The lowest BCUT2D eigenvalue weighted by molar-refractivity contribution is 0.324. The lowest BCUT2D eigenvalue weighted by Gasteiger charge is -2.16. The number of hydrogen-bond acceptors (Lipinski definition) is 3. The van der Waals surface area contributed by atoms with Crippen LogP contribution in [0.25, 0.3) is 0 Å². The predicted octanol–water partition coefficient (Wildman–Crippen LogP) is 1.68. The second-order valence-electron chi connectivity index (χ2n) is 5.34. The lowest BCUT2D eigenvalue weighted by Crippen LogP contribution is -2.39. The Labute approximate surface area is 121 Å². The molecule has 0 spiro atoms. The van der Waals surface area contributed by atoms with Gasteiger partial charge in [-0.25, -0.2) is 0 Å². The van der Waals surface area contributed by atoms with Gasteiger partial charge in [-0.2, -0.15) is 0 Å². The van der Waals surface area contributed by atoms with E-state index in [1.165, 1.54) is 32.5 Å². The molecule has 0 bridgehead atoms. The molecule has 0 aliphatic carbocycles. The summed E-state index contributed by atoms with van der Waals surface area (Å²) in [5.74, 6) is 2.49. The van der Waals surface area contributed by atoms with Crippen LogP contribution in [0.1, 0.15) is 25.5 Å². The molecule has 0 aromatic carbocycles. The van der Waals surface area contributed by atoms with Crippen molar-refractivity contribution >= 4 is 5.96 Å². The maximum Gasteiger partial charge on any atom is 0.191 e. The molecule has 1 aromatic heterocycles. The number of likely N-dealkylation sites (tertiary alicyclic amines) is 1. The monoisotopic (exact) mass is 278 g/mol. The van der Waals surface area contributed by atoms with E-state index in [-0.39, 0.29) is 0 Å². The second kappa shape index (κ2) is 7.94. The Kier molecular flexibility index (Phi) is 5.92. The van der Waals surface area contributed by atoms with E-state index in [0.29, 0.717) is 6.54 Å². The van der Waals surface area contributed by atoms with Gasteiger partial charge in [-0.15, -0.1) is 0 Å². The first-order valence-electron chi connectivity index (χ1n) is 7.51. The highest BCUT2D eigenvalue weighted by molar-refractivity contribution is 5.79. The van der Waals surface area contributed by atoms with Crippen molar-refractivity contribution in [2.45, 2.75) is 26.3 Å². The third-order valence-electron chi connectivity index (χ3n) is 3.70. The van der Waals surface area contributed by atoms with Crippen molar-refractivity contribution in [1.82, 2.24) is 15.5 Å². The zero-order valence-corrected chi connectivity index (χ0v) is 12.6. The molecular weight excluding hydrogens is 252 g/mol. The van der Waals surface area contributed by atoms with Crippen LogP contribution in [0.3, 0.4) is 0 Å². The summed E-state index contributed by atoms with van der Waals surface area (Å²) in [7, 11) is 1.80. The number of aliphatic imine (C=N–C) groups is 1. The molecular formula is C15H26N4O. The van der Waals surface area contributed by atoms with E-state index in [4.69, 9.17) is 4.42 Å². The number of nitrogens with zero attached hydrogens (tertiary/aromatic N) is 2. The standard InChI is InChI=1S/C15H26N4O/c1-3-7-19-8-6-13(12-19)10-17-15(16-2)18-11-14-5-4-9-20-14/h4-5,9,13H,3,6-8,10-12H2,1-2H3,(H2,16,17,18). The Hall–Kier alpha value is -1.49. The molecule has 2 rings (SSSR count). The van der Waals surface area contributed by atoms with Crippen molar-refractivity contribution in [2.24, 2.45) is 10.9 Å². The van der Waals surface area contributed by atoms with Gasteiger partial charge in [0.1, 0.15) is 5.76 Å². The summed E-state index contributed by atoms with van der Waals surface area (Å²) in [6.07, 6.45) is 4.21. The van der Waals surface area contributed by atoms with E-state index in [1.807, 2.05) is 12.1 Å². The van der Waals surface area contributed by atoms with Crippen molar-refractivity contribution in [1.29, 1.82) is 0 Å². The van der Waals surface area contributed by atoms with E-state index in [9.17, 15) is 0 Å². The molecule has 1 aliphatic heterocycles. The molecule has 1 aliphatic rings. The topological polar surface area (TPSA) is 52.8 Å². The second-order valence-corrected chi connectivity index (χ2v) is 5.34. The molecule has 1 fully saturated rings. The van der Waals surface area contributed by atoms with E-state index in [2.05, 4.69) is 27.4 Å².